The number of fused-ring (bicyclic) bond motifs is 1. The van der Waals surface area contributed by atoms with Crippen molar-refractivity contribution in [2.45, 2.75) is 20.0 Å². The van der Waals surface area contributed by atoms with Crippen LogP contribution in [0.1, 0.15) is 13.8 Å². The molecule has 3 nitrogen and oxygen atoms in total. The topological polar surface area (TPSA) is 29.5 Å². The van der Waals surface area contributed by atoms with Crippen molar-refractivity contribution in [3.63, 3.8) is 0 Å². The second-order valence-corrected chi connectivity index (χ2v) is 5.12. The van der Waals surface area contributed by atoms with Gasteiger partial charge in [0.25, 0.3) is 5.91 Å². The Hall–Kier alpha value is -1.03. The van der Waals surface area contributed by atoms with E-state index >= 15 is 0 Å². The molecule has 0 spiro atoms. The number of anilines is 1. The summed E-state index contributed by atoms with van der Waals surface area (Å²) in [5.74, 6) is 0.930. The van der Waals surface area contributed by atoms with Crippen molar-refractivity contribution in [1.82, 2.24) is 0 Å². The second kappa shape index (κ2) is 4.09. The number of hydrogen-bond donors (Lipinski definition) is 0. The van der Waals surface area contributed by atoms with Gasteiger partial charge in [0.2, 0.25) is 0 Å². The molecule has 4 heteroatoms. The van der Waals surface area contributed by atoms with Crippen molar-refractivity contribution < 1.29 is 9.53 Å². The van der Waals surface area contributed by atoms with Crippen LogP contribution in [0.3, 0.4) is 0 Å². The summed E-state index contributed by atoms with van der Waals surface area (Å²) in [4.78, 5) is 13.7. The van der Waals surface area contributed by atoms with E-state index in [4.69, 9.17) is 4.74 Å². The Morgan fingerprint density at radius 1 is 1.44 bits per heavy atom. The van der Waals surface area contributed by atoms with Crippen LogP contribution < -0.4 is 9.64 Å². The van der Waals surface area contributed by atoms with Crippen LogP contribution in [-0.4, -0.2) is 19.1 Å². The zero-order valence-electron chi connectivity index (χ0n) is 9.53. The summed E-state index contributed by atoms with van der Waals surface area (Å²) in [7, 11) is 1.78. The van der Waals surface area contributed by atoms with E-state index in [2.05, 4.69) is 15.9 Å². The van der Waals surface area contributed by atoms with Gasteiger partial charge >= 0.3 is 0 Å². The maximum Gasteiger partial charge on any atom is 0.268 e. The smallest absolute Gasteiger partial charge is 0.268 e. The summed E-state index contributed by atoms with van der Waals surface area (Å²) in [5, 5.41) is 0. The summed E-state index contributed by atoms with van der Waals surface area (Å²) < 4.78 is 6.65. The number of benzene rings is 1. The summed E-state index contributed by atoms with van der Waals surface area (Å²) in [6, 6.07) is 5.69. The molecule has 0 N–H and O–H groups in total. The zero-order valence-corrected chi connectivity index (χ0v) is 11.1. The quantitative estimate of drug-likeness (QED) is 0.793. The Kier molecular flexibility index (Phi) is 2.93. The van der Waals surface area contributed by atoms with Crippen molar-refractivity contribution >= 4 is 27.5 Å². The number of rotatable bonds is 1. The lowest BCUT2D eigenvalue weighted by molar-refractivity contribution is -0.127. The highest BCUT2D eigenvalue weighted by Crippen LogP contribution is 2.40. The standard InChI is InChI=1S/C12H14BrNO2/c1-7(2)10-12(15)14(3)9-6-4-5-8(13)11(9)16-10/h4-7,10H,1-3H3. The van der Waals surface area contributed by atoms with Gasteiger partial charge in [0.05, 0.1) is 10.2 Å². The van der Waals surface area contributed by atoms with Gasteiger partial charge in [-0.2, -0.15) is 0 Å². The molecule has 1 aliphatic heterocycles. The van der Waals surface area contributed by atoms with Gasteiger partial charge in [-0.15, -0.1) is 0 Å². The molecule has 1 atom stereocenters. The number of carbonyl (C=O) groups is 1. The van der Waals surface area contributed by atoms with E-state index in [1.807, 2.05) is 32.0 Å². The largest absolute Gasteiger partial charge is 0.477 e. The lowest BCUT2D eigenvalue weighted by atomic mass is 10.0. The molecule has 0 fully saturated rings. The minimum absolute atomic E-state index is 0.0144. The van der Waals surface area contributed by atoms with Crippen molar-refractivity contribution in [2.75, 3.05) is 11.9 Å². The summed E-state index contributed by atoms with van der Waals surface area (Å²) in [6.07, 6.45) is -0.392. The van der Waals surface area contributed by atoms with E-state index in [0.717, 1.165) is 15.9 Å². The number of amides is 1. The number of likely N-dealkylation sites (N-methyl/N-ethyl adjacent to an activating group) is 1. The SMILES string of the molecule is CC(C)C1Oc2c(Br)cccc2N(C)C1=O. The summed E-state index contributed by atoms with van der Waals surface area (Å²) in [5.41, 5.74) is 0.816. The minimum atomic E-state index is -0.392. The van der Waals surface area contributed by atoms with Gasteiger partial charge < -0.3 is 9.64 Å². The molecule has 86 valence electrons. The first kappa shape index (κ1) is 11.5. The number of halogens is 1. The molecule has 1 aromatic rings. The maximum absolute atomic E-state index is 12.0. The molecule has 0 aliphatic carbocycles. The fourth-order valence-electron chi connectivity index (χ4n) is 1.79. The molecule has 1 unspecified atom stereocenters. The van der Waals surface area contributed by atoms with Gasteiger partial charge in [-0.05, 0) is 34.0 Å². The fraction of sp³-hybridized carbons (Fsp3) is 0.417. The lowest BCUT2D eigenvalue weighted by Gasteiger charge is -2.34. The fourth-order valence-corrected chi connectivity index (χ4v) is 2.24. The predicted molar refractivity (Wildman–Crippen MR) is 66.8 cm³/mol. The van der Waals surface area contributed by atoms with E-state index in [0.29, 0.717) is 0 Å². The third-order valence-electron chi connectivity index (χ3n) is 2.73. The molecular weight excluding hydrogens is 270 g/mol. The molecular formula is C12H14BrNO2. The van der Waals surface area contributed by atoms with Crippen LogP contribution in [0.4, 0.5) is 5.69 Å². The number of ether oxygens (including phenoxy) is 1. The van der Waals surface area contributed by atoms with Crippen LogP contribution >= 0.6 is 15.9 Å². The lowest BCUT2D eigenvalue weighted by Crippen LogP contribution is -2.46. The first-order chi connectivity index (χ1) is 7.52. The Labute approximate surface area is 104 Å². The van der Waals surface area contributed by atoms with Crippen molar-refractivity contribution in [1.29, 1.82) is 0 Å². The molecule has 1 aliphatic rings. The highest BCUT2D eigenvalue weighted by Gasteiger charge is 2.35. The minimum Gasteiger partial charge on any atom is -0.477 e. The average molecular weight is 284 g/mol. The van der Waals surface area contributed by atoms with Crippen molar-refractivity contribution in [3.8, 4) is 5.75 Å². The van der Waals surface area contributed by atoms with Crippen LogP contribution in [-0.2, 0) is 4.79 Å². The van der Waals surface area contributed by atoms with Crippen molar-refractivity contribution in [2.24, 2.45) is 5.92 Å². The molecule has 0 bridgehead atoms. The molecule has 0 saturated carbocycles. The predicted octanol–water partition coefficient (Wildman–Crippen LogP) is 2.83. The number of carbonyl (C=O) groups excluding carboxylic acids is 1. The second-order valence-electron chi connectivity index (χ2n) is 4.27. The van der Waals surface area contributed by atoms with Crippen LogP contribution in [0.25, 0.3) is 0 Å². The highest BCUT2D eigenvalue weighted by molar-refractivity contribution is 9.10. The van der Waals surface area contributed by atoms with E-state index in [9.17, 15) is 4.79 Å². The van der Waals surface area contributed by atoms with Crippen LogP contribution in [0.5, 0.6) is 5.75 Å². The Morgan fingerprint density at radius 3 is 2.75 bits per heavy atom. The molecule has 0 aromatic heterocycles. The van der Waals surface area contributed by atoms with Crippen molar-refractivity contribution in [3.05, 3.63) is 22.7 Å². The Morgan fingerprint density at radius 2 is 2.12 bits per heavy atom. The molecule has 1 heterocycles. The third-order valence-corrected chi connectivity index (χ3v) is 3.36. The van der Waals surface area contributed by atoms with E-state index in [1.165, 1.54) is 0 Å². The molecule has 1 amide bonds. The van der Waals surface area contributed by atoms with Crippen LogP contribution in [0.2, 0.25) is 0 Å². The van der Waals surface area contributed by atoms with E-state index < -0.39 is 6.10 Å². The zero-order chi connectivity index (χ0) is 11.9. The van der Waals surface area contributed by atoms with Gasteiger partial charge in [0, 0.05) is 7.05 Å². The summed E-state index contributed by atoms with van der Waals surface area (Å²) in [6.45, 7) is 3.97. The summed E-state index contributed by atoms with van der Waals surface area (Å²) >= 11 is 3.44. The molecule has 2 rings (SSSR count). The van der Waals surface area contributed by atoms with Crippen LogP contribution in [0.15, 0.2) is 22.7 Å². The van der Waals surface area contributed by atoms with Crippen LogP contribution in [0, 0.1) is 5.92 Å². The first-order valence-corrected chi connectivity index (χ1v) is 6.04. The normalized spacial score (nSPS) is 19.7. The van der Waals surface area contributed by atoms with Gasteiger partial charge in [-0.25, -0.2) is 0 Å². The molecule has 0 radical (unpaired) electrons. The highest BCUT2D eigenvalue weighted by atomic mass is 79.9. The van der Waals surface area contributed by atoms with Gasteiger partial charge in [0.15, 0.2) is 11.9 Å². The average Bonchev–Trinajstić information content (AvgIpc) is 2.23. The third kappa shape index (κ3) is 1.71. The monoisotopic (exact) mass is 283 g/mol. The molecule has 1 aromatic carbocycles. The van der Waals surface area contributed by atoms with Gasteiger partial charge in [-0.1, -0.05) is 19.9 Å². The van der Waals surface area contributed by atoms with E-state index in [1.54, 1.807) is 11.9 Å². The van der Waals surface area contributed by atoms with Gasteiger partial charge in [0.1, 0.15) is 0 Å². The number of nitrogens with zero attached hydrogens (tertiary/aromatic N) is 1. The maximum atomic E-state index is 12.0. The molecule has 0 saturated heterocycles. The number of para-hydroxylation sites is 1. The van der Waals surface area contributed by atoms with Gasteiger partial charge in [-0.3, -0.25) is 4.79 Å². The number of hydrogen-bond acceptors (Lipinski definition) is 2. The van der Waals surface area contributed by atoms with E-state index in [-0.39, 0.29) is 11.8 Å². The first-order valence-electron chi connectivity index (χ1n) is 5.25. The Bertz CT molecular complexity index is 431. The Balaban J connectivity index is 2.48. The molecule has 16 heavy (non-hydrogen) atoms.